The molecule has 0 aromatic heterocycles. The lowest BCUT2D eigenvalue weighted by molar-refractivity contribution is 0.0916. The molecule has 2 aromatic carbocycles. The summed E-state index contributed by atoms with van der Waals surface area (Å²) in [5, 5.41) is 6.37. The summed E-state index contributed by atoms with van der Waals surface area (Å²) in [5.41, 5.74) is 1.04. The standard InChI is InChI=1S/C20H21FN2O2.ClH/c1-13-12-16(10-11-22-13)23-20(25)18-5-3-2-4-17(18)19(24)14-6-8-15(21)9-7-14;/h2-9,13,16,22H,10-12H2,1H3,(H,23,25);1H. The van der Waals surface area contributed by atoms with E-state index >= 15 is 0 Å². The summed E-state index contributed by atoms with van der Waals surface area (Å²) in [7, 11) is 0. The van der Waals surface area contributed by atoms with E-state index in [9.17, 15) is 14.0 Å². The lowest BCUT2D eigenvalue weighted by Gasteiger charge is -2.28. The summed E-state index contributed by atoms with van der Waals surface area (Å²) < 4.78 is 13.1. The second-order valence-electron chi connectivity index (χ2n) is 6.43. The van der Waals surface area contributed by atoms with Crippen LogP contribution in [0.3, 0.4) is 0 Å². The number of hydrogen-bond donors (Lipinski definition) is 2. The molecule has 1 amide bonds. The van der Waals surface area contributed by atoms with Gasteiger partial charge in [-0.25, -0.2) is 4.39 Å². The Balaban J connectivity index is 0.00000243. The molecule has 6 heteroatoms. The number of halogens is 2. The highest BCUT2D eigenvalue weighted by molar-refractivity contribution is 6.15. The van der Waals surface area contributed by atoms with E-state index < -0.39 is 5.82 Å². The molecule has 4 nitrogen and oxygen atoms in total. The third-order valence-electron chi connectivity index (χ3n) is 4.48. The van der Waals surface area contributed by atoms with E-state index in [1.165, 1.54) is 24.3 Å². The molecule has 3 rings (SSSR count). The fourth-order valence-corrected chi connectivity index (χ4v) is 3.16. The van der Waals surface area contributed by atoms with Crippen molar-refractivity contribution in [2.75, 3.05) is 6.54 Å². The molecule has 26 heavy (non-hydrogen) atoms. The fourth-order valence-electron chi connectivity index (χ4n) is 3.16. The normalized spacial score (nSPS) is 19.3. The van der Waals surface area contributed by atoms with Crippen LogP contribution >= 0.6 is 12.4 Å². The SMILES string of the molecule is CC1CC(NC(=O)c2ccccc2C(=O)c2ccc(F)cc2)CCN1.Cl. The van der Waals surface area contributed by atoms with Crippen LogP contribution in [0.15, 0.2) is 48.5 Å². The number of piperidine rings is 1. The molecule has 2 N–H and O–H groups in total. The quantitative estimate of drug-likeness (QED) is 0.804. The molecule has 2 aromatic rings. The van der Waals surface area contributed by atoms with Crippen LogP contribution in [0, 0.1) is 5.82 Å². The maximum absolute atomic E-state index is 13.1. The molecule has 2 atom stereocenters. The van der Waals surface area contributed by atoms with Gasteiger partial charge in [0.25, 0.3) is 5.91 Å². The van der Waals surface area contributed by atoms with Crippen LogP contribution in [0.4, 0.5) is 4.39 Å². The maximum atomic E-state index is 13.1. The van der Waals surface area contributed by atoms with Crippen molar-refractivity contribution in [3.8, 4) is 0 Å². The topological polar surface area (TPSA) is 58.2 Å². The van der Waals surface area contributed by atoms with Gasteiger partial charge in [-0.2, -0.15) is 0 Å². The molecule has 0 spiro atoms. The van der Waals surface area contributed by atoms with Crippen molar-refractivity contribution in [2.24, 2.45) is 0 Å². The molecule has 0 saturated carbocycles. The minimum atomic E-state index is -0.400. The predicted octanol–water partition coefficient (Wildman–Crippen LogP) is 3.35. The van der Waals surface area contributed by atoms with Crippen molar-refractivity contribution < 1.29 is 14.0 Å². The average Bonchev–Trinajstić information content (AvgIpc) is 2.62. The molecule has 1 fully saturated rings. The fraction of sp³-hybridized carbons (Fsp3) is 0.300. The highest BCUT2D eigenvalue weighted by atomic mass is 35.5. The van der Waals surface area contributed by atoms with Gasteiger partial charge in [0.15, 0.2) is 5.78 Å². The van der Waals surface area contributed by atoms with Crippen LogP contribution in [-0.4, -0.2) is 30.3 Å². The lowest BCUT2D eigenvalue weighted by atomic mass is 9.96. The van der Waals surface area contributed by atoms with Gasteiger partial charge >= 0.3 is 0 Å². The van der Waals surface area contributed by atoms with Gasteiger partial charge in [-0.05, 0) is 56.6 Å². The number of amides is 1. The molecule has 138 valence electrons. The van der Waals surface area contributed by atoms with E-state index in [1.807, 2.05) is 0 Å². The van der Waals surface area contributed by atoms with Crippen LogP contribution in [-0.2, 0) is 0 Å². The van der Waals surface area contributed by atoms with Crippen molar-refractivity contribution >= 4 is 24.1 Å². The van der Waals surface area contributed by atoms with Crippen LogP contribution in [0.5, 0.6) is 0 Å². The lowest BCUT2D eigenvalue weighted by Crippen LogP contribution is -2.46. The number of ketones is 1. The van der Waals surface area contributed by atoms with Gasteiger partial charge in [0.05, 0.1) is 5.56 Å². The second kappa shape index (κ2) is 8.92. The van der Waals surface area contributed by atoms with E-state index in [2.05, 4.69) is 17.6 Å². The Morgan fingerprint density at radius 3 is 2.38 bits per heavy atom. The zero-order valence-corrected chi connectivity index (χ0v) is 15.3. The summed E-state index contributed by atoms with van der Waals surface area (Å²) >= 11 is 0. The Morgan fingerprint density at radius 1 is 1.08 bits per heavy atom. The van der Waals surface area contributed by atoms with E-state index in [4.69, 9.17) is 0 Å². The number of benzene rings is 2. The summed E-state index contributed by atoms with van der Waals surface area (Å²) in [6.07, 6.45) is 1.73. The van der Waals surface area contributed by atoms with Crippen LogP contribution in [0.25, 0.3) is 0 Å². The van der Waals surface area contributed by atoms with Crippen molar-refractivity contribution in [1.82, 2.24) is 10.6 Å². The minimum absolute atomic E-state index is 0. The summed E-state index contributed by atoms with van der Waals surface area (Å²) in [4.78, 5) is 25.4. The van der Waals surface area contributed by atoms with Gasteiger partial charge < -0.3 is 10.6 Å². The van der Waals surface area contributed by atoms with Crippen molar-refractivity contribution in [1.29, 1.82) is 0 Å². The van der Waals surface area contributed by atoms with Crippen LogP contribution < -0.4 is 10.6 Å². The van der Waals surface area contributed by atoms with E-state index in [-0.39, 0.29) is 30.1 Å². The average molecular weight is 377 g/mol. The molecule has 2 unspecified atom stereocenters. The third-order valence-corrected chi connectivity index (χ3v) is 4.48. The Hall–Kier alpha value is -2.24. The molecular formula is C20H22ClFN2O2. The van der Waals surface area contributed by atoms with Gasteiger partial charge in [-0.15, -0.1) is 12.4 Å². The molecule has 1 aliphatic rings. The molecule has 0 radical (unpaired) electrons. The third kappa shape index (κ3) is 4.68. The molecule has 1 heterocycles. The summed E-state index contributed by atoms with van der Waals surface area (Å²) in [6.45, 7) is 2.95. The smallest absolute Gasteiger partial charge is 0.252 e. The van der Waals surface area contributed by atoms with E-state index in [0.717, 1.165) is 19.4 Å². The zero-order valence-electron chi connectivity index (χ0n) is 14.5. The molecule has 1 saturated heterocycles. The van der Waals surface area contributed by atoms with Crippen molar-refractivity contribution in [3.05, 3.63) is 71.0 Å². The summed E-state index contributed by atoms with van der Waals surface area (Å²) in [6, 6.07) is 12.5. The van der Waals surface area contributed by atoms with Gasteiger partial charge in [0, 0.05) is 23.2 Å². The van der Waals surface area contributed by atoms with Crippen LogP contribution in [0.2, 0.25) is 0 Å². The second-order valence-corrected chi connectivity index (χ2v) is 6.43. The number of hydrogen-bond acceptors (Lipinski definition) is 3. The Bertz CT molecular complexity index is 780. The minimum Gasteiger partial charge on any atom is -0.349 e. The van der Waals surface area contributed by atoms with E-state index in [0.29, 0.717) is 22.7 Å². The molecule has 1 aliphatic heterocycles. The van der Waals surface area contributed by atoms with Crippen molar-refractivity contribution in [3.63, 3.8) is 0 Å². The Kier molecular flexibility index (Phi) is 6.89. The van der Waals surface area contributed by atoms with Crippen LogP contribution in [0.1, 0.15) is 46.0 Å². The van der Waals surface area contributed by atoms with Gasteiger partial charge in [-0.1, -0.05) is 18.2 Å². The zero-order chi connectivity index (χ0) is 17.8. The van der Waals surface area contributed by atoms with Crippen molar-refractivity contribution in [2.45, 2.75) is 31.8 Å². The molecule has 0 aliphatic carbocycles. The number of rotatable bonds is 4. The first-order valence-electron chi connectivity index (χ1n) is 8.48. The number of carbonyl (C=O) groups is 2. The highest BCUT2D eigenvalue weighted by Gasteiger charge is 2.23. The summed E-state index contributed by atoms with van der Waals surface area (Å²) in [5.74, 6) is -0.933. The number of nitrogens with one attached hydrogen (secondary N) is 2. The van der Waals surface area contributed by atoms with Gasteiger partial charge in [-0.3, -0.25) is 9.59 Å². The van der Waals surface area contributed by atoms with Gasteiger partial charge in [0.1, 0.15) is 5.82 Å². The Morgan fingerprint density at radius 2 is 1.73 bits per heavy atom. The predicted molar refractivity (Wildman–Crippen MR) is 101 cm³/mol. The Labute approximate surface area is 158 Å². The monoisotopic (exact) mass is 376 g/mol. The number of carbonyl (C=O) groups excluding carboxylic acids is 2. The molecule has 0 bridgehead atoms. The highest BCUT2D eigenvalue weighted by Crippen LogP contribution is 2.17. The molecular weight excluding hydrogens is 355 g/mol. The first-order chi connectivity index (χ1) is 12.0. The first kappa shape index (κ1) is 20.1. The van der Waals surface area contributed by atoms with Gasteiger partial charge in [0.2, 0.25) is 0 Å². The first-order valence-corrected chi connectivity index (χ1v) is 8.48. The van der Waals surface area contributed by atoms with E-state index in [1.54, 1.807) is 24.3 Å². The maximum Gasteiger partial charge on any atom is 0.252 e. The largest absolute Gasteiger partial charge is 0.349 e.